The minimum Gasteiger partial charge on any atom is -0.861 e. The van der Waals surface area contributed by atoms with Gasteiger partial charge in [0.1, 0.15) is 0 Å². The summed E-state index contributed by atoms with van der Waals surface area (Å²) in [7, 11) is 0. The Bertz CT molecular complexity index is 808. The number of aliphatic imine (C=N–C) groups is 4. The first-order valence-electron chi connectivity index (χ1n) is 8.43. The van der Waals surface area contributed by atoms with Gasteiger partial charge in [-0.3, -0.25) is 20.0 Å². The second kappa shape index (κ2) is 9.62. The van der Waals surface area contributed by atoms with Crippen LogP contribution in [0.5, 0.6) is 0 Å². The van der Waals surface area contributed by atoms with Crippen molar-refractivity contribution in [3.8, 4) is 0 Å². The topological polar surface area (TPSA) is 142 Å². The molecule has 29 heavy (non-hydrogen) atoms. The molecule has 0 saturated carbocycles. The molecule has 0 aliphatic carbocycles. The van der Waals surface area contributed by atoms with E-state index in [1.54, 1.807) is 12.1 Å². The zero-order chi connectivity index (χ0) is 20.6. The molecule has 0 spiro atoms. The van der Waals surface area contributed by atoms with Gasteiger partial charge in [-0.15, -0.1) is 0 Å². The normalized spacial score (nSPS) is 20.3. The standard InChI is InChI=1S/C19H26N4O4.Fe.Na/c1-17(2)13(24)22-18(3,4)15(26)20-11-9-7-8-10-12(11)21-16(27)19(5,6)23-14(17)25;;/h7-10H,1-6H3,(H,20,26)(H,21,27)(H,22,24)(H,23,25);;/q;+3;+1/p-4. The first-order chi connectivity index (χ1) is 12.3. The third-order valence-corrected chi connectivity index (χ3v) is 4.20. The van der Waals surface area contributed by atoms with Crippen molar-refractivity contribution < 1.29 is 67.1 Å². The number of hydrogen-bond acceptors (Lipinski definition) is 8. The molecule has 0 amide bonds. The van der Waals surface area contributed by atoms with Crippen molar-refractivity contribution >= 4 is 35.0 Å². The number of benzene rings is 1. The first kappa shape index (κ1) is 27.6. The monoisotopic (exact) mass is 449 g/mol. The summed E-state index contributed by atoms with van der Waals surface area (Å²) >= 11 is 0. The fourth-order valence-electron chi connectivity index (χ4n) is 2.12. The van der Waals surface area contributed by atoms with Crippen molar-refractivity contribution in [3.05, 3.63) is 24.3 Å². The molecule has 1 heterocycles. The molecule has 10 heteroatoms. The Labute approximate surface area is 203 Å². The van der Waals surface area contributed by atoms with E-state index in [-0.39, 0.29) is 58.0 Å². The van der Waals surface area contributed by atoms with Gasteiger partial charge in [0.05, 0.1) is 22.5 Å². The molecule has 0 N–H and O–H groups in total. The summed E-state index contributed by atoms with van der Waals surface area (Å²) in [4.78, 5) is 15.8. The molecule has 0 saturated heterocycles. The van der Waals surface area contributed by atoms with Crippen molar-refractivity contribution in [1.29, 1.82) is 0 Å². The van der Waals surface area contributed by atoms with E-state index in [1.165, 1.54) is 53.7 Å². The van der Waals surface area contributed by atoms with Gasteiger partial charge in [-0.25, -0.2) is 0 Å². The molecule has 0 unspecified atom stereocenters. The SMILES string of the molecule is CC1(C)N=C([O-])C(C)(C)C([O-])=NC(C)(C)C([O-])=Nc2ccccc2N=C1[O-].[Fe+3].[Na+]. The van der Waals surface area contributed by atoms with Crippen LogP contribution in [0.2, 0.25) is 0 Å². The Balaban J connectivity index is 0.00000392. The van der Waals surface area contributed by atoms with E-state index in [1.807, 2.05) is 0 Å². The number of nitrogens with zero attached hydrogens (tertiary/aromatic N) is 4. The maximum Gasteiger partial charge on any atom is 3.00 e. The predicted molar refractivity (Wildman–Crippen MR) is 97.4 cm³/mol. The van der Waals surface area contributed by atoms with E-state index in [2.05, 4.69) is 20.0 Å². The molecule has 1 aliphatic rings. The quantitative estimate of drug-likeness (QED) is 0.381. The van der Waals surface area contributed by atoms with Crippen LogP contribution in [0.15, 0.2) is 44.2 Å². The number of hydrogen-bond donors (Lipinski definition) is 0. The van der Waals surface area contributed by atoms with Gasteiger partial charge < -0.3 is 20.4 Å². The Morgan fingerprint density at radius 1 is 0.621 bits per heavy atom. The smallest absolute Gasteiger partial charge is 0.861 e. The Kier molecular flexibility index (Phi) is 9.16. The van der Waals surface area contributed by atoms with E-state index in [0.29, 0.717) is 0 Å². The molecule has 1 aliphatic heterocycles. The third-order valence-electron chi connectivity index (χ3n) is 4.20. The fourth-order valence-corrected chi connectivity index (χ4v) is 2.12. The van der Waals surface area contributed by atoms with Crippen molar-refractivity contribution in [2.24, 2.45) is 25.4 Å². The molecule has 8 nitrogen and oxygen atoms in total. The Hall–Kier alpha value is -1.38. The van der Waals surface area contributed by atoms with E-state index in [9.17, 15) is 20.4 Å². The van der Waals surface area contributed by atoms with Crippen LogP contribution >= 0.6 is 0 Å². The van der Waals surface area contributed by atoms with Crippen LogP contribution in [0.1, 0.15) is 41.5 Å². The first-order valence-corrected chi connectivity index (χ1v) is 8.43. The van der Waals surface area contributed by atoms with Gasteiger partial charge in [-0.2, -0.15) is 0 Å². The Morgan fingerprint density at radius 3 is 1.24 bits per heavy atom. The maximum atomic E-state index is 12.6. The second-order valence-electron chi connectivity index (χ2n) is 7.90. The van der Waals surface area contributed by atoms with E-state index < -0.39 is 40.1 Å². The van der Waals surface area contributed by atoms with Gasteiger partial charge in [0.25, 0.3) is 0 Å². The van der Waals surface area contributed by atoms with E-state index in [0.717, 1.165) is 0 Å². The van der Waals surface area contributed by atoms with Gasteiger partial charge in [0, 0.05) is 5.41 Å². The van der Waals surface area contributed by atoms with Crippen molar-refractivity contribution in [1.82, 2.24) is 0 Å². The zero-order valence-corrected chi connectivity index (χ0v) is 20.7. The molecule has 0 atom stereocenters. The number of para-hydroxylation sites is 2. The largest absolute Gasteiger partial charge is 3.00 e. The van der Waals surface area contributed by atoms with Gasteiger partial charge in [-0.1, -0.05) is 26.0 Å². The molecule has 151 valence electrons. The minimum absolute atomic E-state index is 0. The summed E-state index contributed by atoms with van der Waals surface area (Å²) in [6.45, 7) is 8.45. The molecular weight excluding hydrogens is 427 g/mol. The van der Waals surface area contributed by atoms with Crippen LogP contribution in [-0.4, -0.2) is 34.7 Å². The summed E-state index contributed by atoms with van der Waals surface area (Å²) < 4.78 is 0. The molecule has 0 bridgehead atoms. The molecule has 1 aromatic rings. The molecule has 1 radical (unpaired) electrons. The summed E-state index contributed by atoms with van der Waals surface area (Å²) in [6, 6.07) is 6.35. The van der Waals surface area contributed by atoms with Crippen molar-refractivity contribution in [3.63, 3.8) is 0 Å². The van der Waals surface area contributed by atoms with Gasteiger partial charge in [0.2, 0.25) is 0 Å². The van der Waals surface area contributed by atoms with Crippen LogP contribution < -0.4 is 50.0 Å². The van der Waals surface area contributed by atoms with Gasteiger partial charge in [0.15, 0.2) is 0 Å². The summed E-state index contributed by atoms with van der Waals surface area (Å²) in [6.07, 6.45) is 0. The average molecular weight is 449 g/mol. The average Bonchev–Trinajstić information content (AvgIpc) is 2.54. The van der Waals surface area contributed by atoms with E-state index >= 15 is 0 Å². The summed E-state index contributed by atoms with van der Waals surface area (Å²) in [5.74, 6) is -3.00. The zero-order valence-electron chi connectivity index (χ0n) is 17.6. The fraction of sp³-hybridized carbons (Fsp3) is 0.474. The van der Waals surface area contributed by atoms with Crippen LogP contribution in [-0.2, 0) is 17.1 Å². The maximum absolute atomic E-state index is 12.6. The van der Waals surface area contributed by atoms with Crippen LogP contribution in [0.25, 0.3) is 0 Å². The number of rotatable bonds is 0. The van der Waals surface area contributed by atoms with Crippen LogP contribution in [0, 0.1) is 5.41 Å². The van der Waals surface area contributed by atoms with Gasteiger partial charge >= 0.3 is 46.6 Å². The van der Waals surface area contributed by atoms with E-state index in [4.69, 9.17) is 0 Å². The van der Waals surface area contributed by atoms with Crippen molar-refractivity contribution in [2.45, 2.75) is 52.6 Å². The number of fused-ring (bicyclic) bond motifs is 1. The summed E-state index contributed by atoms with van der Waals surface area (Å²) in [5, 5.41) is 50.4. The minimum atomic E-state index is -1.63. The molecule has 1 aromatic carbocycles. The van der Waals surface area contributed by atoms with Crippen LogP contribution in [0.3, 0.4) is 0 Å². The third kappa shape index (κ3) is 6.06. The second-order valence-corrected chi connectivity index (χ2v) is 7.90. The molecule has 2 rings (SSSR count). The summed E-state index contributed by atoms with van der Waals surface area (Å²) in [5.41, 5.74) is -4.26. The molecule has 0 aromatic heterocycles. The Morgan fingerprint density at radius 2 is 0.931 bits per heavy atom. The van der Waals surface area contributed by atoms with Crippen molar-refractivity contribution in [2.75, 3.05) is 0 Å². The predicted octanol–water partition coefficient (Wildman–Crippen LogP) is -3.42. The van der Waals surface area contributed by atoms with Gasteiger partial charge in [-0.05, 0) is 63.4 Å². The molecule has 0 fully saturated rings. The van der Waals surface area contributed by atoms with Crippen LogP contribution in [0.4, 0.5) is 11.4 Å². The molecular formula is C19H22FeN4NaO4.